The Morgan fingerprint density at radius 3 is 2.43 bits per heavy atom. The van der Waals surface area contributed by atoms with Gasteiger partial charge in [0.15, 0.2) is 0 Å². The Bertz CT molecular complexity index is 1310. The van der Waals surface area contributed by atoms with E-state index in [1.165, 1.54) is 23.0 Å². The van der Waals surface area contributed by atoms with Crippen molar-refractivity contribution in [1.29, 1.82) is 0 Å². The normalized spacial score (nSPS) is 13.8. The summed E-state index contributed by atoms with van der Waals surface area (Å²) >= 11 is 1.11. The molecule has 1 N–H and O–H groups in total. The van der Waals surface area contributed by atoms with Gasteiger partial charge in [-0.15, -0.1) is 11.3 Å². The van der Waals surface area contributed by atoms with Crippen molar-refractivity contribution in [2.24, 2.45) is 0 Å². The molecule has 1 aromatic heterocycles. The van der Waals surface area contributed by atoms with Crippen molar-refractivity contribution in [3.63, 3.8) is 0 Å². The number of thiophene rings is 1. The van der Waals surface area contributed by atoms with Gasteiger partial charge in [-0.25, -0.2) is 12.7 Å². The van der Waals surface area contributed by atoms with Gasteiger partial charge in [-0.3, -0.25) is 4.79 Å². The molecule has 1 aliphatic rings. The number of nitrogens with one attached hydrogen (secondary N) is 1. The van der Waals surface area contributed by atoms with Crippen LogP contribution < -0.4 is 14.5 Å². The van der Waals surface area contributed by atoms with E-state index in [-0.39, 0.29) is 16.5 Å². The predicted octanol–water partition coefficient (Wildman–Crippen LogP) is 5.33. The molecule has 0 bridgehead atoms. The Balaban J connectivity index is 1.69. The van der Waals surface area contributed by atoms with Crippen molar-refractivity contribution in [1.82, 2.24) is 0 Å². The maximum atomic E-state index is 13.6. The molecule has 3 aromatic rings. The Labute approximate surface area is 211 Å². The smallest absolute Gasteiger partial charge is 0.267 e. The fraction of sp³-hybridized carbons (Fsp3) is 0.346. The number of hydrogen-bond acceptors (Lipinski definition) is 6. The lowest BCUT2D eigenvalue weighted by Gasteiger charge is -2.26. The van der Waals surface area contributed by atoms with Gasteiger partial charge < -0.3 is 15.0 Å². The van der Waals surface area contributed by atoms with Crippen molar-refractivity contribution in [3.05, 3.63) is 69.4 Å². The van der Waals surface area contributed by atoms with Crippen LogP contribution >= 0.6 is 11.3 Å². The summed E-state index contributed by atoms with van der Waals surface area (Å²) in [6.45, 7) is 7.91. The van der Waals surface area contributed by atoms with E-state index in [0.717, 1.165) is 59.8 Å². The van der Waals surface area contributed by atoms with E-state index in [4.69, 9.17) is 4.74 Å². The summed E-state index contributed by atoms with van der Waals surface area (Å²) < 4.78 is 33.6. The molecule has 0 radical (unpaired) electrons. The standard InChI is InChI=1S/C26H31N3O4S2/c1-18-16-19(2)24(28-13-8-9-14-28)20(3)23(18)27-26(30)25-22(12-15-34-25)35(31,32)29(17-33-4)21-10-6-5-7-11-21/h5-7,10-12,15-16H,8-9,13-14,17H2,1-4H3,(H,27,30). The van der Waals surface area contributed by atoms with E-state index in [2.05, 4.69) is 23.2 Å². The lowest BCUT2D eigenvalue weighted by molar-refractivity contribution is 0.102. The van der Waals surface area contributed by atoms with E-state index in [1.807, 2.05) is 19.9 Å². The average molecular weight is 514 g/mol. The summed E-state index contributed by atoms with van der Waals surface area (Å²) in [5, 5.41) is 4.65. The largest absolute Gasteiger partial charge is 0.371 e. The molecule has 0 aliphatic carbocycles. The predicted molar refractivity (Wildman–Crippen MR) is 142 cm³/mol. The molecule has 1 saturated heterocycles. The summed E-state index contributed by atoms with van der Waals surface area (Å²) in [5.41, 5.74) is 5.48. The molecular formula is C26H31N3O4S2. The number of hydrogen-bond donors (Lipinski definition) is 1. The number of carbonyl (C=O) groups excluding carboxylic acids is 1. The van der Waals surface area contributed by atoms with E-state index in [0.29, 0.717) is 5.69 Å². The highest BCUT2D eigenvalue weighted by atomic mass is 32.2. The number of ether oxygens (including phenoxy) is 1. The Kier molecular flexibility index (Phi) is 7.49. The summed E-state index contributed by atoms with van der Waals surface area (Å²) in [4.78, 5) is 15.9. The summed E-state index contributed by atoms with van der Waals surface area (Å²) in [6, 6.07) is 12.3. The number of benzene rings is 2. The van der Waals surface area contributed by atoms with E-state index >= 15 is 0 Å². The number of aryl methyl sites for hydroxylation is 2. The Morgan fingerprint density at radius 1 is 1.09 bits per heavy atom. The first-order valence-electron chi connectivity index (χ1n) is 11.6. The minimum Gasteiger partial charge on any atom is -0.371 e. The van der Waals surface area contributed by atoms with E-state index in [9.17, 15) is 13.2 Å². The maximum Gasteiger partial charge on any atom is 0.267 e. The molecule has 7 nitrogen and oxygen atoms in total. The zero-order valence-corrected chi connectivity index (χ0v) is 22.1. The fourth-order valence-corrected chi connectivity index (χ4v) is 7.42. The number of sulfonamides is 1. The third-order valence-electron chi connectivity index (χ3n) is 6.29. The van der Waals surface area contributed by atoms with Gasteiger partial charge in [0.1, 0.15) is 16.5 Å². The summed E-state index contributed by atoms with van der Waals surface area (Å²) in [6.07, 6.45) is 2.31. The molecule has 0 unspecified atom stereocenters. The van der Waals surface area contributed by atoms with Gasteiger partial charge >= 0.3 is 0 Å². The molecule has 2 heterocycles. The van der Waals surface area contributed by atoms with Gasteiger partial charge in [0.2, 0.25) is 0 Å². The number of nitrogens with zero attached hydrogens (tertiary/aromatic N) is 2. The van der Waals surface area contributed by atoms with Crippen molar-refractivity contribution in [3.8, 4) is 0 Å². The van der Waals surface area contributed by atoms with Crippen LogP contribution in [0.5, 0.6) is 0 Å². The van der Waals surface area contributed by atoms with Crippen LogP contribution in [0, 0.1) is 20.8 Å². The third-order valence-corrected chi connectivity index (χ3v) is 9.12. The summed E-state index contributed by atoms with van der Waals surface area (Å²) in [7, 11) is -2.60. The highest BCUT2D eigenvalue weighted by molar-refractivity contribution is 7.93. The fourth-order valence-electron chi connectivity index (χ4n) is 4.74. The number of carbonyl (C=O) groups is 1. The van der Waals surface area contributed by atoms with E-state index < -0.39 is 15.9 Å². The van der Waals surface area contributed by atoms with Gasteiger partial charge in [0.25, 0.3) is 15.9 Å². The first-order chi connectivity index (χ1) is 16.8. The van der Waals surface area contributed by atoms with Crippen molar-refractivity contribution < 1.29 is 17.9 Å². The molecular weight excluding hydrogens is 482 g/mol. The second-order valence-corrected chi connectivity index (χ2v) is 11.5. The molecule has 0 atom stereocenters. The van der Waals surface area contributed by atoms with Crippen molar-refractivity contribution >= 4 is 44.3 Å². The first kappa shape index (κ1) is 25.2. The highest BCUT2D eigenvalue weighted by Gasteiger charge is 2.31. The molecule has 1 aliphatic heterocycles. The van der Waals surface area contributed by atoms with Gasteiger partial charge in [-0.1, -0.05) is 24.3 Å². The third kappa shape index (κ3) is 4.94. The van der Waals surface area contributed by atoms with Crippen molar-refractivity contribution in [2.75, 3.05) is 41.5 Å². The monoisotopic (exact) mass is 513 g/mol. The van der Waals surface area contributed by atoms with Gasteiger partial charge in [0, 0.05) is 31.6 Å². The highest BCUT2D eigenvalue weighted by Crippen LogP contribution is 2.36. The minimum absolute atomic E-state index is 0.0388. The average Bonchev–Trinajstić information content (AvgIpc) is 3.53. The number of methoxy groups -OCH3 is 1. The molecule has 0 spiro atoms. The van der Waals surface area contributed by atoms with Crippen LogP contribution in [0.3, 0.4) is 0 Å². The van der Waals surface area contributed by atoms with Crippen LogP contribution in [0.4, 0.5) is 17.1 Å². The van der Waals surface area contributed by atoms with Gasteiger partial charge in [-0.05, 0) is 73.9 Å². The van der Waals surface area contributed by atoms with Crippen LogP contribution in [0.25, 0.3) is 0 Å². The van der Waals surface area contributed by atoms with Crippen LogP contribution in [0.1, 0.15) is 39.2 Å². The van der Waals surface area contributed by atoms with Crippen LogP contribution in [0.15, 0.2) is 52.7 Å². The molecule has 4 rings (SSSR count). The lowest BCUT2D eigenvalue weighted by atomic mass is 10.0. The SMILES string of the molecule is COCN(c1ccccc1)S(=O)(=O)c1ccsc1C(=O)Nc1c(C)cc(C)c(N2CCCC2)c1C. The molecule has 9 heteroatoms. The second kappa shape index (κ2) is 10.4. The topological polar surface area (TPSA) is 78.9 Å². The van der Waals surface area contributed by atoms with Gasteiger partial charge in [-0.2, -0.15) is 0 Å². The van der Waals surface area contributed by atoms with Crippen LogP contribution in [-0.4, -0.2) is 41.3 Å². The van der Waals surface area contributed by atoms with E-state index in [1.54, 1.807) is 29.6 Å². The second-order valence-electron chi connectivity index (χ2n) is 8.73. The number of anilines is 3. The molecule has 186 valence electrons. The molecule has 2 aromatic carbocycles. The lowest BCUT2D eigenvalue weighted by Crippen LogP contribution is -2.33. The summed E-state index contributed by atoms with van der Waals surface area (Å²) in [5.74, 6) is -0.438. The maximum absolute atomic E-state index is 13.6. The molecule has 1 fully saturated rings. The van der Waals surface area contributed by atoms with Gasteiger partial charge in [0.05, 0.1) is 5.69 Å². The van der Waals surface area contributed by atoms with Crippen molar-refractivity contribution in [2.45, 2.75) is 38.5 Å². The zero-order valence-electron chi connectivity index (χ0n) is 20.5. The molecule has 0 saturated carbocycles. The number of para-hydroxylation sites is 1. The van der Waals surface area contributed by atoms with Crippen LogP contribution in [0.2, 0.25) is 0 Å². The van der Waals surface area contributed by atoms with Crippen LogP contribution in [-0.2, 0) is 14.8 Å². The molecule has 35 heavy (non-hydrogen) atoms. The quantitative estimate of drug-likeness (QED) is 0.412. The number of amides is 1. The number of rotatable bonds is 8. The molecule has 1 amide bonds. The zero-order chi connectivity index (χ0) is 25.2. The minimum atomic E-state index is -4.04. The first-order valence-corrected chi connectivity index (χ1v) is 13.9. The Morgan fingerprint density at radius 2 is 1.77 bits per heavy atom. The Hall–Kier alpha value is -2.88.